The van der Waals surface area contributed by atoms with Gasteiger partial charge in [-0.25, -0.2) is 4.98 Å². The summed E-state index contributed by atoms with van der Waals surface area (Å²) in [5, 5.41) is 15.3. The molecule has 3 heterocycles. The summed E-state index contributed by atoms with van der Waals surface area (Å²) in [4.78, 5) is 17.6. The van der Waals surface area contributed by atoms with Crippen LogP contribution in [0.25, 0.3) is 22.8 Å². The van der Waals surface area contributed by atoms with Gasteiger partial charge in [0.1, 0.15) is 0 Å². The summed E-state index contributed by atoms with van der Waals surface area (Å²) < 4.78 is 7.90. The molecule has 2 bridgehead atoms. The number of furan rings is 1. The number of thiazole rings is 1. The van der Waals surface area contributed by atoms with Gasteiger partial charge in [0.15, 0.2) is 16.0 Å². The number of carbonyl (C=O) groups is 1. The Bertz CT molecular complexity index is 1430. The highest BCUT2D eigenvalue weighted by atomic mass is 32.2. The minimum atomic E-state index is -0.106. The van der Waals surface area contributed by atoms with E-state index in [1.54, 1.807) is 6.26 Å². The fourth-order valence-corrected chi connectivity index (χ4v) is 7.84. The highest BCUT2D eigenvalue weighted by Crippen LogP contribution is 2.53. The quantitative estimate of drug-likeness (QED) is 0.222. The second-order valence-corrected chi connectivity index (χ2v) is 13.7. The molecule has 1 N–H and O–H groups in total. The van der Waals surface area contributed by atoms with Crippen molar-refractivity contribution in [3.05, 3.63) is 53.6 Å². The van der Waals surface area contributed by atoms with Crippen LogP contribution in [0.15, 0.2) is 57.6 Å². The third-order valence-corrected chi connectivity index (χ3v) is 10.1. The number of thioether (sulfide) groups is 1. The highest BCUT2D eigenvalue weighted by Gasteiger charge is 2.43. The molecular formula is C30H35N5O2S2. The Morgan fingerprint density at radius 1 is 1.18 bits per heavy atom. The van der Waals surface area contributed by atoms with Crippen molar-refractivity contribution in [2.24, 2.45) is 17.8 Å². The van der Waals surface area contributed by atoms with E-state index < -0.39 is 0 Å². The monoisotopic (exact) mass is 561 g/mol. The first kappa shape index (κ1) is 26.3. The van der Waals surface area contributed by atoms with Crippen LogP contribution in [0.1, 0.15) is 65.0 Å². The molecule has 2 fully saturated rings. The maximum Gasteiger partial charge on any atom is 0.236 e. The van der Waals surface area contributed by atoms with Crippen molar-refractivity contribution in [2.45, 2.75) is 70.0 Å². The molecule has 3 aromatic heterocycles. The van der Waals surface area contributed by atoms with Gasteiger partial charge in [0.2, 0.25) is 11.7 Å². The Morgan fingerprint density at radius 2 is 2.00 bits per heavy atom. The van der Waals surface area contributed by atoms with E-state index in [4.69, 9.17) is 4.42 Å². The van der Waals surface area contributed by atoms with Crippen LogP contribution >= 0.6 is 23.1 Å². The van der Waals surface area contributed by atoms with Gasteiger partial charge in [-0.2, -0.15) is 0 Å². The summed E-state index contributed by atoms with van der Waals surface area (Å²) in [6, 6.07) is 12.5. The van der Waals surface area contributed by atoms with Crippen molar-refractivity contribution in [2.75, 3.05) is 11.1 Å². The summed E-state index contributed by atoms with van der Waals surface area (Å²) in [7, 11) is 0. The lowest BCUT2D eigenvalue weighted by Crippen LogP contribution is -2.23. The molecule has 1 amide bonds. The van der Waals surface area contributed by atoms with Gasteiger partial charge in [0.25, 0.3) is 0 Å². The number of hydrogen-bond donors (Lipinski definition) is 1. The Hall–Kier alpha value is -2.91. The number of rotatable bonds is 8. The predicted octanol–water partition coefficient (Wildman–Crippen LogP) is 7.69. The minimum absolute atomic E-state index is 0.106. The molecule has 1 aromatic carbocycles. The Balaban J connectivity index is 1.13. The molecule has 9 heteroatoms. The second kappa shape index (κ2) is 10.6. The zero-order valence-corrected chi connectivity index (χ0v) is 24.5. The van der Waals surface area contributed by atoms with E-state index in [2.05, 4.69) is 77.0 Å². The Labute approximate surface area is 237 Å². The molecule has 2 aliphatic rings. The average molecular weight is 562 g/mol. The summed E-state index contributed by atoms with van der Waals surface area (Å²) >= 11 is 2.86. The second-order valence-electron chi connectivity index (χ2n) is 11.9. The lowest BCUT2D eigenvalue weighted by atomic mass is 9.84. The topological polar surface area (TPSA) is 85.8 Å². The van der Waals surface area contributed by atoms with Gasteiger partial charge in [-0.05, 0) is 67.1 Å². The van der Waals surface area contributed by atoms with Gasteiger partial charge < -0.3 is 9.73 Å². The van der Waals surface area contributed by atoms with E-state index in [0.29, 0.717) is 16.8 Å². The van der Waals surface area contributed by atoms with Crippen LogP contribution in [0.2, 0.25) is 0 Å². The van der Waals surface area contributed by atoms with Gasteiger partial charge in [0.05, 0.1) is 17.7 Å². The molecule has 39 heavy (non-hydrogen) atoms. The molecule has 0 spiro atoms. The van der Waals surface area contributed by atoms with Crippen molar-refractivity contribution in [1.29, 1.82) is 0 Å². The maximum atomic E-state index is 12.9. The summed E-state index contributed by atoms with van der Waals surface area (Å²) in [6.45, 7) is 8.89. The molecule has 4 aromatic rings. The van der Waals surface area contributed by atoms with E-state index >= 15 is 0 Å². The van der Waals surface area contributed by atoms with Gasteiger partial charge in [0, 0.05) is 17.0 Å². The number of carbonyl (C=O) groups excluding carboxylic acids is 1. The first-order valence-electron chi connectivity index (χ1n) is 13.7. The average Bonchev–Trinajstić information content (AvgIpc) is 3.75. The zero-order valence-electron chi connectivity index (χ0n) is 22.9. The van der Waals surface area contributed by atoms with Gasteiger partial charge >= 0.3 is 0 Å². The maximum absolute atomic E-state index is 12.9. The highest BCUT2D eigenvalue weighted by molar-refractivity contribution is 7.99. The number of fused-ring (bicyclic) bond motifs is 2. The molecule has 0 unspecified atom stereocenters. The van der Waals surface area contributed by atoms with Crippen molar-refractivity contribution in [1.82, 2.24) is 19.7 Å². The van der Waals surface area contributed by atoms with Crippen molar-refractivity contribution >= 4 is 34.1 Å². The Morgan fingerprint density at radius 3 is 2.67 bits per heavy atom. The number of nitrogens with zero attached hydrogens (tertiary/aromatic N) is 4. The first-order chi connectivity index (χ1) is 18.8. The standard InChI is InChI=1S/C30H35N5O2S2/c1-18(23-15-19-7-8-21(23)14-19)35-27(25-6-5-13-37-25)33-34-29(35)39-17-26(36)32-28-31-24(16-38-28)20-9-11-22(12-10-20)30(2,3)4/h5-6,9-13,16,18-19,21,23H,7-8,14-15,17H2,1-4H3,(H,31,32,36)/t18-,19-,21-,23+/m0/s1. The van der Waals surface area contributed by atoms with Crippen LogP contribution < -0.4 is 5.32 Å². The van der Waals surface area contributed by atoms with Crippen LogP contribution in [0.3, 0.4) is 0 Å². The molecule has 7 nitrogen and oxygen atoms in total. The zero-order chi connectivity index (χ0) is 27.1. The molecule has 2 saturated carbocycles. The van der Waals surface area contributed by atoms with Crippen LogP contribution in [-0.2, 0) is 10.2 Å². The molecule has 4 atom stereocenters. The molecule has 0 radical (unpaired) electrons. The normalized spacial score (nSPS) is 21.4. The predicted molar refractivity (Wildman–Crippen MR) is 157 cm³/mol. The summed E-state index contributed by atoms with van der Waals surface area (Å²) in [5.41, 5.74) is 3.30. The third kappa shape index (κ3) is 5.43. The lowest BCUT2D eigenvalue weighted by molar-refractivity contribution is -0.113. The molecular weight excluding hydrogens is 526 g/mol. The van der Waals surface area contributed by atoms with Crippen molar-refractivity contribution < 1.29 is 9.21 Å². The number of anilines is 1. The van der Waals surface area contributed by atoms with Crippen molar-refractivity contribution in [3.8, 4) is 22.8 Å². The number of aromatic nitrogens is 4. The van der Waals surface area contributed by atoms with Crippen LogP contribution in [0.5, 0.6) is 0 Å². The van der Waals surface area contributed by atoms with E-state index in [9.17, 15) is 4.79 Å². The van der Waals surface area contributed by atoms with Crippen LogP contribution in [0, 0.1) is 17.8 Å². The van der Waals surface area contributed by atoms with Gasteiger partial charge in [-0.1, -0.05) is 63.2 Å². The number of hydrogen-bond acceptors (Lipinski definition) is 7. The van der Waals surface area contributed by atoms with Gasteiger partial charge in [-0.15, -0.1) is 21.5 Å². The number of amides is 1. The smallest absolute Gasteiger partial charge is 0.236 e. The molecule has 2 aliphatic carbocycles. The van der Waals surface area contributed by atoms with Crippen LogP contribution in [0.4, 0.5) is 5.13 Å². The van der Waals surface area contributed by atoms with E-state index in [0.717, 1.165) is 34.1 Å². The van der Waals surface area contributed by atoms with E-state index in [1.165, 1.54) is 54.3 Å². The summed E-state index contributed by atoms with van der Waals surface area (Å²) in [5.74, 6) is 3.79. The summed E-state index contributed by atoms with van der Waals surface area (Å²) in [6.07, 6.45) is 6.95. The fourth-order valence-electron chi connectivity index (χ4n) is 6.28. The number of nitrogens with one attached hydrogen (secondary N) is 1. The first-order valence-corrected chi connectivity index (χ1v) is 15.6. The molecule has 0 aliphatic heterocycles. The minimum Gasteiger partial charge on any atom is -0.461 e. The van der Waals surface area contributed by atoms with E-state index in [1.807, 2.05) is 17.5 Å². The lowest BCUT2D eigenvalue weighted by Gasteiger charge is -2.30. The Kier molecular flexibility index (Phi) is 7.14. The molecule has 0 saturated heterocycles. The number of benzene rings is 1. The SMILES string of the molecule is C[C@@H]([C@H]1C[C@H]2CC[C@H]1C2)n1c(SCC(=O)Nc2nc(-c3ccc(C(C)(C)C)cc3)cs2)nnc1-c1ccco1. The van der Waals surface area contributed by atoms with Crippen molar-refractivity contribution in [3.63, 3.8) is 0 Å². The van der Waals surface area contributed by atoms with Gasteiger partial charge in [-0.3, -0.25) is 9.36 Å². The molecule has 204 valence electrons. The van der Waals surface area contributed by atoms with E-state index in [-0.39, 0.29) is 23.1 Å². The largest absolute Gasteiger partial charge is 0.461 e. The third-order valence-electron chi connectivity index (χ3n) is 8.36. The van der Waals surface area contributed by atoms with Crippen LogP contribution in [-0.4, -0.2) is 31.4 Å². The molecule has 6 rings (SSSR count). The fraction of sp³-hybridized carbons (Fsp3) is 0.467.